The van der Waals surface area contributed by atoms with E-state index in [-0.39, 0.29) is 11.9 Å². The molecule has 1 saturated heterocycles. The number of piperidine rings is 1. The summed E-state index contributed by atoms with van der Waals surface area (Å²) in [7, 11) is 0. The predicted octanol–water partition coefficient (Wildman–Crippen LogP) is 2.57. The predicted molar refractivity (Wildman–Crippen MR) is 76.6 cm³/mol. The van der Waals surface area contributed by atoms with Crippen LogP contribution in [0.4, 0.5) is 0 Å². The summed E-state index contributed by atoms with van der Waals surface area (Å²) in [4.78, 5) is 12.2. The van der Waals surface area contributed by atoms with Crippen LogP contribution in [-0.2, 0) is 0 Å². The summed E-state index contributed by atoms with van der Waals surface area (Å²) in [6, 6.07) is 8.01. The SMILES string of the molecule is CC1CCNC(C)C1NC(=O)c1cccc(Br)c1. The maximum atomic E-state index is 12.2. The Kier molecular flexibility index (Phi) is 4.40. The minimum Gasteiger partial charge on any atom is -0.347 e. The van der Waals surface area contributed by atoms with E-state index in [4.69, 9.17) is 0 Å². The highest BCUT2D eigenvalue weighted by atomic mass is 79.9. The lowest BCUT2D eigenvalue weighted by molar-refractivity contribution is 0.0897. The van der Waals surface area contributed by atoms with E-state index < -0.39 is 0 Å². The minimum absolute atomic E-state index is 0.00343. The number of hydrogen-bond donors (Lipinski definition) is 2. The van der Waals surface area contributed by atoms with Crippen LogP contribution in [0, 0.1) is 5.92 Å². The van der Waals surface area contributed by atoms with Crippen LogP contribution in [0.15, 0.2) is 28.7 Å². The second-order valence-corrected chi connectivity index (χ2v) is 5.93. The summed E-state index contributed by atoms with van der Waals surface area (Å²) >= 11 is 3.39. The smallest absolute Gasteiger partial charge is 0.251 e. The van der Waals surface area contributed by atoms with Gasteiger partial charge in [-0.15, -0.1) is 0 Å². The molecule has 98 valence electrons. The van der Waals surface area contributed by atoms with E-state index in [0.717, 1.165) is 17.4 Å². The lowest BCUT2D eigenvalue weighted by Gasteiger charge is -2.36. The van der Waals surface area contributed by atoms with Crippen LogP contribution in [0.1, 0.15) is 30.6 Å². The van der Waals surface area contributed by atoms with Crippen molar-refractivity contribution >= 4 is 21.8 Å². The van der Waals surface area contributed by atoms with Crippen LogP contribution in [0.3, 0.4) is 0 Å². The van der Waals surface area contributed by atoms with Gasteiger partial charge in [0.15, 0.2) is 0 Å². The summed E-state index contributed by atoms with van der Waals surface area (Å²) in [5.41, 5.74) is 0.703. The van der Waals surface area contributed by atoms with Crippen LogP contribution < -0.4 is 10.6 Å². The molecule has 0 aliphatic carbocycles. The van der Waals surface area contributed by atoms with Crippen molar-refractivity contribution in [2.45, 2.75) is 32.4 Å². The van der Waals surface area contributed by atoms with Crippen molar-refractivity contribution in [3.63, 3.8) is 0 Å². The van der Waals surface area contributed by atoms with Crippen LogP contribution in [0.5, 0.6) is 0 Å². The molecule has 1 aromatic carbocycles. The number of halogens is 1. The number of carbonyl (C=O) groups excluding carboxylic acids is 1. The first kappa shape index (κ1) is 13.6. The zero-order chi connectivity index (χ0) is 13.1. The third-order valence-electron chi connectivity index (χ3n) is 3.60. The van der Waals surface area contributed by atoms with Crippen molar-refractivity contribution in [1.29, 1.82) is 0 Å². The van der Waals surface area contributed by atoms with E-state index in [1.165, 1.54) is 0 Å². The zero-order valence-electron chi connectivity index (χ0n) is 10.7. The largest absolute Gasteiger partial charge is 0.347 e. The molecular formula is C14H19BrN2O. The number of hydrogen-bond acceptors (Lipinski definition) is 2. The Hall–Kier alpha value is -0.870. The Bertz CT molecular complexity index is 426. The molecule has 1 aromatic rings. The van der Waals surface area contributed by atoms with Gasteiger partial charge in [-0.3, -0.25) is 4.79 Å². The Morgan fingerprint density at radius 2 is 2.22 bits per heavy atom. The van der Waals surface area contributed by atoms with Gasteiger partial charge in [0.1, 0.15) is 0 Å². The fraction of sp³-hybridized carbons (Fsp3) is 0.500. The molecule has 1 aliphatic rings. The van der Waals surface area contributed by atoms with E-state index in [1.807, 2.05) is 24.3 Å². The molecular weight excluding hydrogens is 292 g/mol. The molecule has 0 spiro atoms. The number of benzene rings is 1. The minimum atomic E-state index is 0.00343. The van der Waals surface area contributed by atoms with Gasteiger partial charge in [0.05, 0.1) is 0 Å². The van der Waals surface area contributed by atoms with Gasteiger partial charge in [0, 0.05) is 22.1 Å². The first-order chi connectivity index (χ1) is 8.58. The topological polar surface area (TPSA) is 41.1 Å². The van der Waals surface area contributed by atoms with Gasteiger partial charge in [0.2, 0.25) is 0 Å². The highest BCUT2D eigenvalue weighted by Crippen LogP contribution is 2.17. The van der Waals surface area contributed by atoms with Gasteiger partial charge in [-0.05, 0) is 44.0 Å². The highest BCUT2D eigenvalue weighted by molar-refractivity contribution is 9.10. The van der Waals surface area contributed by atoms with Gasteiger partial charge >= 0.3 is 0 Å². The molecule has 2 N–H and O–H groups in total. The Morgan fingerprint density at radius 1 is 1.44 bits per heavy atom. The Morgan fingerprint density at radius 3 is 2.89 bits per heavy atom. The molecule has 1 fully saturated rings. The third-order valence-corrected chi connectivity index (χ3v) is 4.10. The van der Waals surface area contributed by atoms with Crippen LogP contribution in [0.25, 0.3) is 0 Å². The maximum absolute atomic E-state index is 12.2. The average Bonchev–Trinajstić information content (AvgIpc) is 2.34. The van der Waals surface area contributed by atoms with Gasteiger partial charge in [-0.1, -0.05) is 28.9 Å². The lowest BCUT2D eigenvalue weighted by atomic mass is 9.89. The van der Waals surface area contributed by atoms with Gasteiger partial charge in [-0.25, -0.2) is 0 Å². The maximum Gasteiger partial charge on any atom is 0.251 e. The second kappa shape index (κ2) is 5.85. The summed E-state index contributed by atoms with van der Waals surface area (Å²) in [6.45, 7) is 5.36. The molecule has 3 nitrogen and oxygen atoms in total. The Labute approximate surface area is 116 Å². The first-order valence-corrected chi connectivity index (χ1v) is 7.17. The van der Waals surface area contributed by atoms with E-state index in [0.29, 0.717) is 17.5 Å². The Balaban J connectivity index is 2.06. The third kappa shape index (κ3) is 3.12. The van der Waals surface area contributed by atoms with E-state index in [1.54, 1.807) is 0 Å². The average molecular weight is 311 g/mol. The molecule has 1 amide bonds. The number of rotatable bonds is 2. The van der Waals surface area contributed by atoms with Crippen LogP contribution >= 0.6 is 15.9 Å². The van der Waals surface area contributed by atoms with Gasteiger partial charge in [0.25, 0.3) is 5.91 Å². The lowest BCUT2D eigenvalue weighted by Crippen LogP contribution is -2.55. The van der Waals surface area contributed by atoms with E-state index in [9.17, 15) is 4.79 Å². The molecule has 18 heavy (non-hydrogen) atoms. The fourth-order valence-corrected chi connectivity index (χ4v) is 2.87. The van der Waals surface area contributed by atoms with Crippen molar-refractivity contribution < 1.29 is 4.79 Å². The van der Waals surface area contributed by atoms with E-state index >= 15 is 0 Å². The molecule has 1 aliphatic heterocycles. The molecule has 3 atom stereocenters. The van der Waals surface area contributed by atoms with E-state index in [2.05, 4.69) is 40.4 Å². The number of amides is 1. The monoisotopic (exact) mass is 310 g/mol. The highest BCUT2D eigenvalue weighted by Gasteiger charge is 2.28. The normalized spacial score (nSPS) is 27.8. The molecule has 0 radical (unpaired) electrons. The zero-order valence-corrected chi connectivity index (χ0v) is 12.3. The fourth-order valence-electron chi connectivity index (χ4n) is 2.47. The number of nitrogens with one attached hydrogen (secondary N) is 2. The van der Waals surface area contributed by atoms with Gasteiger partial charge in [-0.2, -0.15) is 0 Å². The molecule has 0 saturated carbocycles. The van der Waals surface area contributed by atoms with Crippen molar-refractivity contribution in [2.24, 2.45) is 5.92 Å². The summed E-state index contributed by atoms with van der Waals surface area (Å²) in [6.07, 6.45) is 1.10. The van der Waals surface area contributed by atoms with Crippen molar-refractivity contribution in [3.8, 4) is 0 Å². The first-order valence-electron chi connectivity index (χ1n) is 6.37. The summed E-state index contributed by atoms with van der Waals surface area (Å²) < 4.78 is 0.929. The van der Waals surface area contributed by atoms with Crippen molar-refractivity contribution in [2.75, 3.05) is 6.54 Å². The van der Waals surface area contributed by atoms with Crippen molar-refractivity contribution in [1.82, 2.24) is 10.6 Å². The second-order valence-electron chi connectivity index (χ2n) is 5.02. The number of carbonyl (C=O) groups is 1. The van der Waals surface area contributed by atoms with Crippen LogP contribution in [0.2, 0.25) is 0 Å². The quantitative estimate of drug-likeness (QED) is 0.881. The molecule has 4 heteroatoms. The summed E-state index contributed by atoms with van der Waals surface area (Å²) in [5, 5.41) is 6.55. The molecule has 3 unspecified atom stereocenters. The molecule has 0 bridgehead atoms. The molecule has 0 aromatic heterocycles. The standard InChI is InChI=1S/C14H19BrN2O/c1-9-6-7-16-10(2)13(9)17-14(18)11-4-3-5-12(15)8-11/h3-5,8-10,13,16H,6-7H2,1-2H3,(H,17,18). The summed E-state index contributed by atoms with van der Waals surface area (Å²) in [5.74, 6) is 0.515. The van der Waals surface area contributed by atoms with Crippen molar-refractivity contribution in [3.05, 3.63) is 34.3 Å². The molecule has 1 heterocycles. The molecule has 2 rings (SSSR count). The van der Waals surface area contributed by atoms with Crippen LogP contribution in [-0.4, -0.2) is 24.5 Å². The van der Waals surface area contributed by atoms with Gasteiger partial charge < -0.3 is 10.6 Å².